The van der Waals surface area contributed by atoms with Crippen LogP contribution < -0.4 is 5.32 Å². The number of aryl methyl sites for hydroxylation is 1. The van der Waals surface area contributed by atoms with Crippen molar-refractivity contribution in [2.45, 2.75) is 50.5 Å². The first-order valence-electron chi connectivity index (χ1n) is 9.04. The van der Waals surface area contributed by atoms with E-state index in [1.165, 1.54) is 5.56 Å². The van der Waals surface area contributed by atoms with E-state index in [9.17, 15) is 15.0 Å². The van der Waals surface area contributed by atoms with Crippen LogP contribution in [0.25, 0.3) is 0 Å². The number of ether oxygens (including phenoxy) is 1. The summed E-state index contributed by atoms with van der Waals surface area (Å²) in [7, 11) is 0. The van der Waals surface area contributed by atoms with Crippen LogP contribution in [0.4, 0.5) is 0 Å². The van der Waals surface area contributed by atoms with Crippen LogP contribution in [0.5, 0.6) is 0 Å². The van der Waals surface area contributed by atoms with Crippen molar-refractivity contribution in [2.75, 3.05) is 26.2 Å². The van der Waals surface area contributed by atoms with Gasteiger partial charge < -0.3 is 20.3 Å². The van der Waals surface area contributed by atoms with Crippen molar-refractivity contribution in [3.63, 3.8) is 0 Å². The molecule has 1 spiro atoms. The van der Waals surface area contributed by atoms with Crippen LogP contribution in [-0.4, -0.2) is 65.1 Å². The summed E-state index contributed by atoms with van der Waals surface area (Å²) < 4.78 is 5.82. The third-order valence-electron chi connectivity index (χ3n) is 5.51. The van der Waals surface area contributed by atoms with Crippen LogP contribution in [0.3, 0.4) is 0 Å². The van der Waals surface area contributed by atoms with Gasteiger partial charge >= 0.3 is 0 Å². The standard InChI is InChI=1S/C19H28N2O4/c1-14-4-2-3-5-15(14)12-20-17(23)13-21-9-7-19(8-10-21)18(24)16(22)6-11-25-19/h2-5,16,18,22,24H,6-13H2,1H3,(H,20,23)/t16-,18-/m0/s1. The van der Waals surface area contributed by atoms with Crippen LogP contribution in [0.15, 0.2) is 24.3 Å². The fourth-order valence-electron chi connectivity index (χ4n) is 3.77. The van der Waals surface area contributed by atoms with E-state index in [-0.39, 0.29) is 5.91 Å². The number of nitrogens with one attached hydrogen (secondary N) is 1. The number of carbonyl (C=O) groups excluding carboxylic acids is 1. The Bertz CT molecular complexity index is 599. The van der Waals surface area contributed by atoms with Gasteiger partial charge in [-0.05, 0) is 37.3 Å². The summed E-state index contributed by atoms with van der Waals surface area (Å²) in [6.07, 6.45) is 0.205. The highest BCUT2D eigenvalue weighted by Crippen LogP contribution is 2.35. The first-order chi connectivity index (χ1) is 12.0. The number of hydrogen-bond donors (Lipinski definition) is 3. The first-order valence-corrected chi connectivity index (χ1v) is 9.04. The van der Waals surface area contributed by atoms with E-state index < -0.39 is 17.8 Å². The molecule has 0 saturated carbocycles. The van der Waals surface area contributed by atoms with Crippen LogP contribution in [0.1, 0.15) is 30.4 Å². The van der Waals surface area contributed by atoms with Crippen molar-refractivity contribution >= 4 is 5.91 Å². The minimum Gasteiger partial charge on any atom is -0.390 e. The lowest BCUT2D eigenvalue weighted by Gasteiger charge is -2.48. The van der Waals surface area contributed by atoms with Gasteiger partial charge in [0, 0.05) is 19.6 Å². The van der Waals surface area contributed by atoms with E-state index in [0.717, 1.165) is 5.56 Å². The van der Waals surface area contributed by atoms with Crippen LogP contribution in [-0.2, 0) is 16.1 Å². The highest BCUT2D eigenvalue weighted by atomic mass is 16.5. The van der Waals surface area contributed by atoms with Gasteiger partial charge in [0.1, 0.15) is 6.10 Å². The highest BCUT2D eigenvalue weighted by molar-refractivity contribution is 5.78. The lowest BCUT2D eigenvalue weighted by atomic mass is 9.80. The number of aliphatic hydroxyl groups excluding tert-OH is 2. The van der Waals surface area contributed by atoms with E-state index in [1.807, 2.05) is 31.2 Å². The number of benzene rings is 1. The zero-order valence-corrected chi connectivity index (χ0v) is 14.8. The molecule has 6 nitrogen and oxygen atoms in total. The molecule has 0 aliphatic carbocycles. The van der Waals surface area contributed by atoms with E-state index in [2.05, 4.69) is 10.2 Å². The molecule has 2 aliphatic rings. The van der Waals surface area contributed by atoms with Crippen LogP contribution >= 0.6 is 0 Å². The van der Waals surface area contributed by atoms with Gasteiger partial charge in [-0.15, -0.1) is 0 Å². The fourth-order valence-corrected chi connectivity index (χ4v) is 3.77. The topological polar surface area (TPSA) is 82.0 Å². The number of hydrogen-bond acceptors (Lipinski definition) is 5. The van der Waals surface area contributed by atoms with Gasteiger partial charge in [0.25, 0.3) is 0 Å². The second-order valence-electron chi connectivity index (χ2n) is 7.19. The molecular weight excluding hydrogens is 320 g/mol. The minimum absolute atomic E-state index is 0.00403. The van der Waals surface area contributed by atoms with Crippen LogP contribution in [0.2, 0.25) is 0 Å². The number of rotatable bonds is 4. The molecule has 6 heteroatoms. The molecule has 2 fully saturated rings. The maximum Gasteiger partial charge on any atom is 0.234 e. The molecule has 138 valence electrons. The Kier molecular flexibility index (Phi) is 5.74. The smallest absolute Gasteiger partial charge is 0.234 e. The van der Waals surface area contributed by atoms with Crippen molar-refractivity contribution in [1.29, 1.82) is 0 Å². The maximum atomic E-state index is 12.2. The molecule has 0 radical (unpaired) electrons. The molecule has 2 heterocycles. The summed E-state index contributed by atoms with van der Waals surface area (Å²) >= 11 is 0. The van der Waals surface area contributed by atoms with E-state index in [1.54, 1.807) is 0 Å². The Morgan fingerprint density at radius 1 is 1.32 bits per heavy atom. The Morgan fingerprint density at radius 3 is 2.76 bits per heavy atom. The number of amides is 1. The molecule has 25 heavy (non-hydrogen) atoms. The summed E-state index contributed by atoms with van der Waals surface area (Å²) in [4.78, 5) is 14.3. The molecule has 1 aromatic rings. The predicted molar refractivity (Wildman–Crippen MR) is 94.0 cm³/mol. The number of carbonyl (C=O) groups is 1. The predicted octanol–water partition coefficient (Wildman–Crippen LogP) is 0.588. The Morgan fingerprint density at radius 2 is 2.04 bits per heavy atom. The van der Waals surface area contributed by atoms with Gasteiger partial charge in [-0.2, -0.15) is 0 Å². The number of piperidine rings is 1. The van der Waals surface area contributed by atoms with Crippen molar-refractivity contribution in [3.8, 4) is 0 Å². The lowest BCUT2D eigenvalue weighted by molar-refractivity contribution is -0.214. The summed E-state index contributed by atoms with van der Waals surface area (Å²) in [6.45, 7) is 4.77. The number of likely N-dealkylation sites (tertiary alicyclic amines) is 1. The minimum atomic E-state index is -0.835. The van der Waals surface area contributed by atoms with Crippen molar-refractivity contribution in [3.05, 3.63) is 35.4 Å². The maximum absolute atomic E-state index is 12.2. The van der Waals surface area contributed by atoms with E-state index in [4.69, 9.17) is 4.74 Å². The molecule has 3 N–H and O–H groups in total. The second kappa shape index (κ2) is 7.83. The molecule has 2 saturated heterocycles. The summed E-state index contributed by atoms with van der Waals surface area (Å²) in [5, 5.41) is 23.2. The lowest BCUT2D eigenvalue weighted by Crippen LogP contribution is -2.60. The normalized spacial score (nSPS) is 26.5. The molecular formula is C19H28N2O4. The van der Waals surface area contributed by atoms with Gasteiger partial charge in [0.2, 0.25) is 5.91 Å². The average molecular weight is 348 g/mol. The summed E-state index contributed by atoms with van der Waals surface area (Å²) in [6, 6.07) is 8.02. The third kappa shape index (κ3) is 4.20. The van der Waals surface area contributed by atoms with E-state index >= 15 is 0 Å². The van der Waals surface area contributed by atoms with E-state index in [0.29, 0.717) is 52.0 Å². The Hall–Kier alpha value is -1.47. The molecule has 0 bridgehead atoms. The van der Waals surface area contributed by atoms with Crippen molar-refractivity contribution in [2.24, 2.45) is 0 Å². The Labute approximate surface area is 148 Å². The van der Waals surface area contributed by atoms with Gasteiger partial charge in [-0.25, -0.2) is 0 Å². The van der Waals surface area contributed by atoms with Crippen molar-refractivity contribution < 1.29 is 19.7 Å². The van der Waals surface area contributed by atoms with Gasteiger partial charge in [0.15, 0.2) is 0 Å². The number of aliphatic hydroxyl groups is 2. The van der Waals surface area contributed by atoms with Crippen LogP contribution in [0, 0.1) is 6.92 Å². The Balaban J connectivity index is 1.46. The zero-order chi connectivity index (χ0) is 17.9. The summed E-state index contributed by atoms with van der Waals surface area (Å²) in [5.74, 6) is 0.00403. The molecule has 1 aromatic carbocycles. The van der Waals surface area contributed by atoms with Gasteiger partial charge in [-0.1, -0.05) is 24.3 Å². The van der Waals surface area contributed by atoms with Gasteiger partial charge in [0.05, 0.1) is 24.9 Å². The molecule has 2 aliphatic heterocycles. The van der Waals surface area contributed by atoms with Gasteiger partial charge in [-0.3, -0.25) is 9.69 Å². The monoisotopic (exact) mass is 348 g/mol. The summed E-state index contributed by atoms with van der Waals surface area (Å²) in [5.41, 5.74) is 1.65. The highest BCUT2D eigenvalue weighted by Gasteiger charge is 2.47. The van der Waals surface area contributed by atoms with Crippen molar-refractivity contribution in [1.82, 2.24) is 10.2 Å². The first kappa shape index (κ1) is 18.3. The second-order valence-corrected chi connectivity index (χ2v) is 7.19. The molecule has 3 rings (SSSR count). The largest absolute Gasteiger partial charge is 0.390 e. The number of nitrogens with zero attached hydrogens (tertiary/aromatic N) is 1. The SMILES string of the molecule is Cc1ccccc1CNC(=O)CN1CCC2(CC1)OCC[C@H](O)[C@@H]2O. The molecule has 0 aromatic heterocycles. The molecule has 2 atom stereocenters. The average Bonchev–Trinajstić information content (AvgIpc) is 2.61. The zero-order valence-electron chi connectivity index (χ0n) is 14.8. The quantitative estimate of drug-likeness (QED) is 0.742. The third-order valence-corrected chi connectivity index (χ3v) is 5.51. The molecule has 0 unspecified atom stereocenters. The molecule has 1 amide bonds. The fraction of sp³-hybridized carbons (Fsp3) is 0.632.